The van der Waals surface area contributed by atoms with E-state index in [0.29, 0.717) is 26.0 Å². The van der Waals surface area contributed by atoms with Gasteiger partial charge in [0.1, 0.15) is 5.69 Å². The third-order valence-electron chi connectivity index (χ3n) is 3.72. The van der Waals surface area contributed by atoms with E-state index in [2.05, 4.69) is 10.4 Å². The average Bonchev–Trinajstić information content (AvgIpc) is 2.91. The number of hydrogen-bond donors (Lipinski definition) is 2. The molecule has 2 rings (SSSR count). The van der Waals surface area contributed by atoms with Crippen molar-refractivity contribution in [3.8, 4) is 0 Å². The van der Waals surface area contributed by atoms with E-state index in [1.54, 1.807) is 0 Å². The molecule has 0 atom stereocenters. The van der Waals surface area contributed by atoms with Crippen LogP contribution >= 0.6 is 0 Å². The number of carbonyl (C=O) groups is 1. The van der Waals surface area contributed by atoms with Gasteiger partial charge in [-0.3, -0.25) is 9.59 Å². The normalized spacial score (nSPS) is 16.9. The average molecular weight is 295 g/mol. The van der Waals surface area contributed by atoms with Crippen molar-refractivity contribution in [2.24, 2.45) is 0 Å². The van der Waals surface area contributed by atoms with Crippen molar-refractivity contribution in [1.29, 1.82) is 0 Å². The summed E-state index contributed by atoms with van der Waals surface area (Å²) in [6, 6.07) is 2.70. The van der Waals surface area contributed by atoms with Crippen LogP contribution in [0, 0.1) is 0 Å². The fourth-order valence-corrected chi connectivity index (χ4v) is 2.45. The standard InChI is InChI=1S/C14H21N3O4/c1-21-9-8-17-12(18)5-4-11(16-17)13(19)15-10-14(20)6-2-3-7-14/h4-5,20H,2-3,6-10H2,1H3,(H,15,19). The van der Waals surface area contributed by atoms with Crippen LogP contribution in [0.2, 0.25) is 0 Å². The van der Waals surface area contributed by atoms with Gasteiger partial charge in [-0.05, 0) is 18.9 Å². The van der Waals surface area contributed by atoms with Crippen LogP contribution in [0.4, 0.5) is 0 Å². The molecule has 0 radical (unpaired) electrons. The Bertz CT molecular complexity index is 549. The van der Waals surface area contributed by atoms with Crippen LogP contribution < -0.4 is 10.9 Å². The number of aromatic nitrogens is 2. The minimum absolute atomic E-state index is 0.160. The lowest BCUT2D eigenvalue weighted by Gasteiger charge is -2.22. The van der Waals surface area contributed by atoms with E-state index < -0.39 is 5.60 Å². The van der Waals surface area contributed by atoms with Crippen molar-refractivity contribution in [3.63, 3.8) is 0 Å². The summed E-state index contributed by atoms with van der Waals surface area (Å²) >= 11 is 0. The summed E-state index contributed by atoms with van der Waals surface area (Å²) in [4.78, 5) is 23.6. The molecule has 1 amide bonds. The molecule has 0 aromatic carbocycles. The zero-order valence-electron chi connectivity index (χ0n) is 12.2. The molecule has 2 N–H and O–H groups in total. The Morgan fingerprint density at radius 2 is 2.19 bits per heavy atom. The van der Waals surface area contributed by atoms with Crippen LogP contribution in [-0.2, 0) is 11.3 Å². The molecule has 1 aromatic heterocycles. The molecule has 1 aliphatic rings. The van der Waals surface area contributed by atoms with Crippen molar-refractivity contribution in [3.05, 3.63) is 28.2 Å². The molecule has 7 nitrogen and oxygen atoms in total. The zero-order chi connectivity index (χ0) is 15.3. The number of aliphatic hydroxyl groups is 1. The highest BCUT2D eigenvalue weighted by Gasteiger charge is 2.31. The largest absolute Gasteiger partial charge is 0.388 e. The topological polar surface area (TPSA) is 93.5 Å². The van der Waals surface area contributed by atoms with E-state index in [-0.39, 0.29) is 23.7 Å². The smallest absolute Gasteiger partial charge is 0.271 e. The van der Waals surface area contributed by atoms with Crippen LogP contribution in [0.5, 0.6) is 0 Å². The number of nitrogens with one attached hydrogen (secondary N) is 1. The second kappa shape index (κ2) is 6.82. The molecule has 0 bridgehead atoms. The Kier molecular flexibility index (Phi) is 5.08. The van der Waals surface area contributed by atoms with Gasteiger partial charge in [0.2, 0.25) is 0 Å². The second-order valence-electron chi connectivity index (χ2n) is 5.39. The number of ether oxygens (including phenoxy) is 1. The van der Waals surface area contributed by atoms with E-state index in [1.165, 1.54) is 23.9 Å². The fraction of sp³-hybridized carbons (Fsp3) is 0.643. The number of nitrogens with zero attached hydrogens (tertiary/aromatic N) is 2. The maximum Gasteiger partial charge on any atom is 0.271 e. The molecule has 1 aliphatic carbocycles. The second-order valence-corrected chi connectivity index (χ2v) is 5.39. The summed E-state index contributed by atoms with van der Waals surface area (Å²) in [6.07, 6.45) is 3.36. The lowest BCUT2D eigenvalue weighted by atomic mass is 10.0. The lowest BCUT2D eigenvalue weighted by molar-refractivity contribution is 0.0448. The van der Waals surface area contributed by atoms with Gasteiger partial charge in [-0.25, -0.2) is 4.68 Å². The van der Waals surface area contributed by atoms with Crippen LogP contribution in [0.1, 0.15) is 36.2 Å². The molecule has 7 heteroatoms. The zero-order valence-corrected chi connectivity index (χ0v) is 12.2. The summed E-state index contributed by atoms with van der Waals surface area (Å²) in [6.45, 7) is 0.850. The molecule has 1 fully saturated rings. The quantitative estimate of drug-likeness (QED) is 0.766. The number of carbonyl (C=O) groups excluding carboxylic acids is 1. The van der Waals surface area contributed by atoms with E-state index in [0.717, 1.165) is 12.8 Å². The minimum Gasteiger partial charge on any atom is -0.388 e. The first-order valence-electron chi connectivity index (χ1n) is 7.12. The van der Waals surface area contributed by atoms with Gasteiger partial charge in [-0.2, -0.15) is 5.10 Å². The van der Waals surface area contributed by atoms with Gasteiger partial charge in [0.15, 0.2) is 0 Å². The van der Waals surface area contributed by atoms with Crippen molar-refractivity contribution < 1.29 is 14.6 Å². The van der Waals surface area contributed by atoms with Gasteiger partial charge in [-0.15, -0.1) is 0 Å². The van der Waals surface area contributed by atoms with Crippen LogP contribution in [0.3, 0.4) is 0 Å². The number of amides is 1. The van der Waals surface area contributed by atoms with Crippen LogP contribution in [-0.4, -0.2) is 46.7 Å². The maximum atomic E-state index is 12.0. The molecular formula is C14H21N3O4. The Morgan fingerprint density at radius 1 is 1.48 bits per heavy atom. The molecule has 0 spiro atoms. The van der Waals surface area contributed by atoms with Gasteiger partial charge in [0.05, 0.1) is 18.8 Å². The van der Waals surface area contributed by atoms with E-state index in [4.69, 9.17) is 4.74 Å². The van der Waals surface area contributed by atoms with E-state index in [1.807, 2.05) is 0 Å². The van der Waals surface area contributed by atoms with Gasteiger partial charge >= 0.3 is 0 Å². The fourth-order valence-electron chi connectivity index (χ4n) is 2.45. The third kappa shape index (κ3) is 4.12. The summed E-state index contributed by atoms with van der Waals surface area (Å²) in [5.74, 6) is -0.388. The molecule has 0 unspecified atom stereocenters. The van der Waals surface area contributed by atoms with Crippen molar-refractivity contribution in [2.45, 2.75) is 37.8 Å². The Labute approximate surface area is 122 Å². The molecule has 1 aromatic rings. The molecule has 116 valence electrons. The first kappa shape index (κ1) is 15.7. The lowest BCUT2D eigenvalue weighted by Crippen LogP contribution is -2.41. The van der Waals surface area contributed by atoms with E-state index >= 15 is 0 Å². The maximum absolute atomic E-state index is 12.0. The molecule has 21 heavy (non-hydrogen) atoms. The van der Waals surface area contributed by atoms with E-state index in [9.17, 15) is 14.7 Å². The number of rotatable bonds is 6. The number of hydrogen-bond acceptors (Lipinski definition) is 5. The van der Waals surface area contributed by atoms with Crippen molar-refractivity contribution in [1.82, 2.24) is 15.1 Å². The summed E-state index contributed by atoms with van der Waals surface area (Å²) in [5, 5.41) is 16.9. The van der Waals surface area contributed by atoms with Gasteiger partial charge in [0.25, 0.3) is 11.5 Å². The molecule has 0 saturated heterocycles. The predicted octanol–water partition coefficient (Wildman–Crippen LogP) is -0.0754. The van der Waals surface area contributed by atoms with Gasteiger partial charge < -0.3 is 15.2 Å². The number of methoxy groups -OCH3 is 1. The molecule has 0 aliphatic heterocycles. The molecule has 1 heterocycles. The van der Waals surface area contributed by atoms with Crippen molar-refractivity contribution >= 4 is 5.91 Å². The first-order valence-corrected chi connectivity index (χ1v) is 7.12. The first-order chi connectivity index (χ1) is 10.0. The SMILES string of the molecule is COCCn1nc(C(=O)NCC2(O)CCCC2)ccc1=O. The Balaban J connectivity index is 2.00. The molecule has 1 saturated carbocycles. The highest BCUT2D eigenvalue weighted by molar-refractivity contribution is 5.92. The minimum atomic E-state index is -0.805. The predicted molar refractivity (Wildman–Crippen MR) is 76.1 cm³/mol. The van der Waals surface area contributed by atoms with Crippen LogP contribution in [0.25, 0.3) is 0 Å². The summed E-state index contributed by atoms with van der Waals surface area (Å²) in [7, 11) is 1.53. The highest BCUT2D eigenvalue weighted by Crippen LogP contribution is 2.28. The molecular weight excluding hydrogens is 274 g/mol. The summed E-state index contributed by atoms with van der Waals surface area (Å²) < 4.78 is 6.09. The van der Waals surface area contributed by atoms with Crippen LogP contribution in [0.15, 0.2) is 16.9 Å². The van der Waals surface area contributed by atoms with Gasteiger partial charge in [0, 0.05) is 19.7 Å². The van der Waals surface area contributed by atoms with Crippen molar-refractivity contribution in [2.75, 3.05) is 20.3 Å². The Morgan fingerprint density at radius 3 is 2.86 bits per heavy atom. The third-order valence-corrected chi connectivity index (χ3v) is 3.72. The monoisotopic (exact) mass is 295 g/mol. The Hall–Kier alpha value is -1.73. The van der Waals surface area contributed by atoms with Gasteiger partial charge in [-0.1, -0.05) is 12.8 Å². The highest BCUT2D eigenvalue weighted by atomic mass is 16.5. The summed E-state index contributed by atoms with van der Waals surface area (Å²) in [5.41, 5.74) is -0.925.